The molecule has 0 aliphatic heterocycles. The van der Waals surface area contributed by atoms with Crippen LogP contribution in [0.4, 0.5) is 5.69 Å². The molecule has 0 unspecified atom stereocenters. The largest absolute Gasteiger partial charge is 0.489 e. The van der Waals surface area contributed by atoms with Gasteiger partial charge in [-0.1, -0.05) is 67.1 Å². The van der Waals surface area contributed by atoms with E-state index in [9.17, 15) is 10.1 Å². The van der Waals surface area contributed by atoms with E-state index in [2.05, 4.69) is 5.32 Å². The van der Waals surface area contributed by atoms with Gasteiger partial charge >= 0.3 is 0 Å². The SMILES string of the molecule is CCc1ccccc1NC(=O)/C(C#N)=C\c1cccc(OCc2ccccc2Cl)c1. The Kier molecular flexibility index (Phi) is 7.26. The summed E-state index contributed by atoms with van der Waals surface area (Å²) in [6, 6.07) is 24.2. The first-order valence-corrected chi connectivity index (χ1v) is 9.96. The summed E-state index contributed by atoms with van der Waals surface area (Å²) in [6.45, 7) is 2.34. The van der Waals surface area contributed by atoms with Crippen molar-refractivity contribution in [3.8, 4) is 11.8 Å². The van der Waals surface area contributed by atoms with Gasteiger partial charge in [0.1, 0.15) is 24.0 Å². The molecule has 0 bridgehead atoms. The van der Waals surface area contributed by atoms with Gasteiger partial charge in [-0.25, -0.2) is 0 Å². The van der Waals surface area contributed by atoms with Gasteiger partial charge in [0.2, 0.25) is 0 Å². The Hall–Kier alpha value is -3.55. The fourth-order valence-electron chi connectivity index (χ4n) is 2.93. The van der Waals surface area contributed by atoms with E-state index in [0.29, 0.717) is 28.6 Å². The molecule has 0 radical (unpaired) electrons. The molecule has 150 valence electrons. The number of aryl methyl sites for hydroxylation is 1. The number of carbonyl (C=O) groups excluding carboxylic acids is 1. The van der Waals surface area contributed by atoms with Crippen LogP contribution in [-0.2, 0) is 17.8 Å². The number of halogens is 1. The van der Waals surface area contributed by atoms with E-state index in [1.165, 1.54) is 0 Å². The average Bonchev–Trinajstić information content (AvgIpc) is 2.77. The zero-order valence-electron chi connectivity index (χ0n) is 16.6. The average molecular weight is 417 g/mol. The van der Waals surface area contributed by atoms with Crippen molar-refractivity contribution in [1.82, 2.24) is 0 Å². The number of benzene rings is 3. The van der Waals surface area contributed by atoms with Crippen molar-refractivity contribution < 1.29 is 9.53 Å². The van der Waals surface area contributed by atoms with Crippen LogP contribution in [0, 0.1) is 11.3 Å². The highest BCUT2D eigenvalue weighted by atomic mass is 35.5. The van der Waals surface area contributed by atoms with Gasteiger partial charge in [0.05, 0.1) is 0 Å². The van der Waals surface area contributed by atoms with Crippen LogP contribution >= 0.6 is 11.6 Å². The van der Waals surface area contributed by atoms with E-state index in [-0.39, 0.29) is 5.57 Å². The second-order valence-corrected chi connectivity index (χ2v) is 6.99. The van der Waals surface area contributed by atoms with Crippen LogP contribution in [0.15, 0.2) is 78.4 Å². The molecule has 0 fully saturated rings. The molecule has 0 heterocycles. The fraction of sp³-hybridized carbons (Fsp3) is 0.120. The van der Waals surface area contributed by atoms with E-state index >= 15 is 0 Å². The lowest BCUT2D eigenvalue weighted by atomic mass is 10.1. The summed E-state index contributed by atoms with van der Waals surface area (Å²) in [5.41, 5.74) is 3.32. The number of nitriles is 1. The lowest BCUT2D eigenvalue weighted by molar-refractivity contribution is -0.112. The molecule has 0 aromatic heterocycles. The van der Waals surface area contributed by atoms with Gasteiger partial charge in [0, 0.05) is 16.3 Å². The first kappa shape index (κ1) is 21.2. The number of amides is 1. The number of hydrogen-bond donors (Lipinski definition) is 1. The number of ether oxygens (including phenoxy) is 1. The van der Waals surface area contributed by atoms with Gasteiger partial charge in [-0.3, -0.25) is 4.79 Å². The third-order valence-corrected chi connectivity index (χ3v) is 4.90. The second kappa shape index (κ2) is 10.3. The van der Waals surface area contributed by atoms with Crippen LogP contribution in [0.2, 0.25) is 5.02 Å². The maximum absolute atomic E-state index is 12.6. The Morgan fingerprint density at radius 3 is 2.53 bits per heavy atom. The standard InChI is InChI=1S/C25H21ClN2O2/c1-2-19-9-4-6-13-24(19)28-25(29)21(16-27)14-18-8-7-11-22(15-18)30-17-20-10-3-5-12-23(20)26/h3-15H,2,17H2,1H3,(H,28,29)/b21-14-. The molecule has 0 saturated heterocycles. The molecule has 1 amide bonds. The van der Waals surface area contributed by atoms with Crippen LogP contribution in [-0.4, -0.2) is 5.91 Å². The zero-order valence-corrected chi connectivity index (χ0v) is 17.3. The molecular formula is C25H21ClN2O2. The third kappa shape index (κ3) is 5.50. The smallest absolute Gasteiger partial charge is 0.266 e. The predicted octanol–water partition coefficient (Wildman–Crippen LogP) is 6.03. The van der Waals surface area contributed by atoms with E-state index < -0.39 is 5.91 Å². The van der Waals surface area contributed by atoms with Crippen LogP contribution in [0.3, 0.4) is 0 Å². The monoisotopic (exact) mass is 416 g/mol. The van der Waals surface area contributed by atoms with Gasteiger partial charge in [-0.15, -0.1) is 0 Å². The molecule has 0 aliphatic carbocycles. The maximum atomic E-state index is 12.6. The lowest BCUT2D eigenvalue weighted by Crippen LogP contribution is -2.14. The molecule has 3 rings (SSSR count). The Morgan fingerprint density at radius 1 is 1.07 bits per heavy atom. The molecule has 0 spiro atoms. The molecular weight excluding hydrogens is 396 g/mol. The number of anilines is 1. The van der Waals surface area contributed by atoms with Crippen molar-refractivity contribution >= 4 is 29.3 Å². The normalized spacial score (nSPS) is 10.9. The highest BCUT2D eigenvalue weighted by molar-refractivity contribution is 6.31. The highest BCUT2D eigenvalue weighted by Crippen LogP contribution is 2.21. The highest BCUT2D eigenvalue weighted by Gasteiger charge is 2.11. The summed E-state index contributed by atoms with van der Waals surface area (Å²) in [6.07, 6.45) is 2.33. The van der Waals surface area contributed by atoms with Crippen LogP contribution in [0.5, 0.6) is 5.75 Å². The van der Waals surface area contributed by atoms with E-state index in [1.54, 1.807) is 12.1 Å². The van der Waals surface area contributed by atoms with Crippen LogP contribution < -0.4 is 10.1 Å². The Labute approximate surface area is 181 Å². The second-order valence-electron chi connectivity index (χ2n) is 6.59. The molecule has 1 N–H and O–H groups in total. The fourth-order valence-corrected chi connectivity index (χ4v) is 3.12. The minimum Gasteiger partial charge on any atom is -0.489 e. The van der Waals surface area contributed by atoms with Crippen molar-refractivity contribution in [2.24, 2.45) is 0 Å². The summed E-state index contributed by atoms with van der Waals surface area (Å²) >= 11 is 6.16. The number of nitrogens with zero attached hydrogens (tertiary/aromatic N) is 1. The summed E-state index contributed by atoms with van der Waals surface area (Å²) in [5.74, 6) is 0.179. The summed E-state index contributed by atoms with van der Waals surface area (Å²) in [4.78, 5) is 12.6. The quantitative estimate of drug-likeness (QED) is 0.378. The summed E-state index contributed by atoms with van der Waals surface area (Å²) < 4.78 is 5.82. The van der Waals surface area contributed by atoms with Gasteiger partial charge < -0.3 is 10.1 Å². The minimum atomic E-state index is -0.444. The topological polar surface area (TPSA) is 62.1 Å². The molecule has 0 saturated carbocycles. The molecule has 4 nitrogen and oxygen atoms in total. The number of rotatable bonds is 7. The number of hydrogen-bond acceptors (Lipinski definition) is 3. The molecule has 3 aromatic rings. The maximum Gasteiger partial charge on any atom is 0.266 e. The Bertz CT molecular complexity index is 1120. The van der Waals surface area contributed by atoms with E-state index in [4.69, 9.17) is 16.3 Å². The van der Waals surface area contributed by atoms with Gasteiger partial charge in [0.25, 0.3) is 5.91 Å². The zero-order chi connectivity index (χ0) is 21.3. The summed E-state index contributed by atoms with van der Waals surface area (Å²) in [7, 11) is 0. The minimum absolute atomic E-state index is 0.0177. The van der Waals surface area contributed by atoms with Crippen molar-refractivity contribution in [2.75, 3.05) is 5.32 Å². The first-order valence-electron chi connectivity index (χ1n) is 9.58. The number of nitrogens with one attached hydrogen (secondary N) is 1. The van der Waals surface area contributed by atoms with Crippen molar-refractivity contribution in [1.29, 1.82) is 5.26 Å². The van der Waals surface area contributed by atoms with Crippen molar-refractivity contribution in [2.45, 2.75) is 20.0 Å². The number of carbonyl (C=O) groups is 1. The molecule has 3 aromatic carbocycles. The van der Waals surface area contributed by atoms with Gasteiger partial charge in [-0.2, -0.15) is 5.26 Å². The summed E-state index contributed by atoms with van der Waals surface area (Å²) in [5, 5.41) is 13.0. The predicted molar refractivity (Wildman–Crippen MR) is 120 cm³/mol. The molecule has 5 heteroatoms. The molecule has 0 atom stereocenters. The Balaban J connectivity index is 1.74. The van der Waals surface area contributed by atoms with Crippen LogP contribution in [0.1, 0.15) is 23.6 Å². The van der Waals surface area contributed by atoms with Gasteiger partial charge in [-0.05, 0) is 47.9 Å². The Morgan fingerprint density at radius 2 is 1.80 bits per heavy atom. The van der Waals surface area contributed by atoms with Crippen molar-refractivity contribution in [3.63, 3.8) is 0 Å². The van der Waals surface area contributed by atoms with Crippen LogP contribution in [0.25, 0.3) is 6.08 Å². The third-order valence-electron chi connectivity index (χ3n) is 4.53. The lowest BCUT2D eigenvalue weighted by Gasteiger charge is -2.10. The molecule has 0 aliphatic rings. The van der Waals surface area contributed by atoms with Gasteiger partial charge in [0.15, 0.2) is 0 Å². The number of para-hydroxylation sites is 1. The first-order chi connectivity index (χ1) is 14.6. The van der Waals surface area contributed by atoms with Crippen molar-refractivity contribution in [3.05, 3.63) is 100 Å². The van der Waals surface area contributed by atoms with E-state index in [0.717, 1.165) is 17.5 Å². The van der Waals surface area contributed by atoms with E-state index in [1.807, 2.05) is 79.7 Å². The molecule has 30 heavy (non-hydrogen) atoms.